The number of piperazine rings is 1. The molecular weight excluding hydrogens is 198 g/mol. The van der Waals surface area contributed by atoms with Crippen molar-refractivity contribution in [3.8, 4) is 0 Å². The van der Waals surface area contributed by atoms with E-state index < -0.39 is 0 Å². The maximum atomic E-state index is 3.40. The summed E-state index contributed by atoms with van der Waals surface area (Å²) in [4.78, 5) is 2.56. The van der Waals surface area contributed by atoms with E-state index in [1.54, 1.807) is 0 Å². The molecule has 1 aromatic heterocycles. The van der Waals surface area contributed by atoms with E-state index in [0.717, 1.165) is 19.6 Å². The van der Waals surface area contributed by atoms with Gasteiger partial charge in [0.1, 0.15) is 0 Å². The Kier molecular flexibility index (Phi) is 3.36. The highest BCUT2D eigenvalue weighted by molar-refractivity contribution is 5.21. The molecule has 1 aromatic rings. The minimum absolute atomic E-state index is 0.249. The van der Waals surface area contributed by atoms with Gasteiger partial charge >= 0.3 is 0 Å². The molecule has 1 saturated heterocycles. The highest BCUT2D eigenvalue weighted by Gasteiger charge is 2.25. The molecule has 16 heavy (non-hydrogen) atoms. The van der Waals surface area contributed by atoms with Crippen LogP contribution in [-0.2, 0) is 12.5 Å². The first-order valence-electron chi connectivity index (χ1n) is 6.13. The highest BCUT2D eigenvalue weighted by atomic mass is 15.2. The fourth-order valence-corrected chi connectivity index (χ4v) is 2.42. The van der Waals surface area contributed by atoms with Crippen LogP contribution in [0.15, 0.2) is 18.5 Å². The summed E-state index contributed by atoms with van der Waals surface area (Å²) in [5.74, 6) is 0. The number of nitrogens with zero attached hydrogens (tertiary/aromatic N) is 2. The molecule has 0 saturated carbocycles. The first-order valence-corrected chi connectivity index (χ1v) is 6.13. The molecule has 0 atom stereocenters. The van der Waals surface area contributed by atoms with E-state index in [9.17, 15) is 0 Å². The molecule has 0 spiro atoms. The van der Waals surface area contributed by atoms with Crippen LogP contribution in [0, 0.1) is 0 Å². The van der Waals surface area contributed by atoms with Gasteiger partial charge < -0.3 is 9.88 Å². The fraction of sp³-hybridized carbons (Fsp3) is 0.692. The second-order valence-corrected chi connectivity index (χ2v) is 5.48. The lowest BCUT2D eigenvalue weighted by atomic mass is 9.86. The molecule has 2 rings (SSSR count). The van der Waals surface area contributed by atoms with Gasteiger partial charge in [-0.15, -0.1) is 0 Å². The number of aryl methyl sites for hydroxylation is 1. The van der Waals surface area contributed by atoms with Crippen molar-refractivity contribution in [1.29, 1.82) is 0 Å². The second kappa shape index (κ2) is 4.60. The van der Waals surface area contributed by atoms with Gasteiger partial charge in [-0.1, -0.05) is 13.8 Å². The van der Waals surface area contributed by atoms with E-state index in [2.05, 4.69) is 54.1 Å². The van der Waals surface area contributed by atoms with E-state index in [1.165, 1.54) is 18.7 Å². The average Bonchev–Trinajstić information content (AvgIpc) is 2.66. The lowest BCUT2D eigenvalue weighted by Gasteiger charge is -2.35. The fourth-order valence-electron chi connectivity index (χ4n) is 2.42. The van der Waals surface area contributed by atoms with Crippen molar-refractivity contribution >= 4 is 0 Å². The first kappa shape index (κ1) is 11.7. The minimum atomic E-state index is 0.249. The van der Waals surface area contributed by atoms with Gasteiger partial charge in [0.25, 0.3) is 0 Å². The van der Waals surface area contributed by atoms with Gasteiger partial charge in [-0.25, -0.2) is 0 Å². The van der Waals surface area contributed by atoms with Crippen LogP contribution >= 0.6 is 0 Å². The van der Waals surface area contributed by atoms with Crippen LogP contribution in [0.25, 0.3) is 0 Å². The molecule has 1 aliphatic heterocycles. The Morgan fingerprint density at radius 1 is 1.31 bits per heavy atom. The normalized spacial score (nSPS) is 18.9. The molecule has 0 amide bonds. The minimum Gasteiger partial charge on any atom is -0.357 e. The predicted octanol–water partition coefficient (Wildman–Crippen LogP) is 1.21. The highest BCUT2D eigenvalue weighted by Crippen LogP contribution is 2.24. The second-order valence-electron chi connectivity index (χ2n) is 5.48. The summed E-state index contributed by atoms with van der Waals surface area (Å²) < 4.78 is 2.13. The number of hydrogen-bond donors (Lipinski definition) is 1. The van der Waals surface area contributed by atoms with Crippen molar-refractivity contribution in [2.24, 2.45) is 7.05 Å². The largest absolute Gasteiger partial charge is 0.357 e. The lowest BCUT2D eigenvalue weighted by Crippen LogP contribution is -2.47. The smallest absolute Gasteiger partial charge is 0.0108 e. The van der Waals surface area contributed by atoms with Gasteiger partial charge in [0.2, 0.25) is 0 Å². The maximum absolute atomic E-state index is 3.40. The van der Waals surface area contributed by atoms with E-state index >= 15 is 0 Å². The predicted molar refractivity (Wildman–Crippen MR) is 67.7 cm³/mol. The molecule has 1 aliphatic rings. The quantitative estimate of drug-likeness (QED) is 0.828. The zero-order chi connectivity index (χ0) is 11.6. The molecule has 3 nitrogen and oxygen atoms in total. The van der Waals surface area contributed by atoms with Crippen molar-refractivity contribution in [3.05, 3.63) is 24.0 Å². The molecule has 0 unspecified atom stereocenters. The van der Waals surface area contributed by atoms with Gasteiger partial charge in [-0.2, -0.15) is 0 Å². The van der Waals surface area contributed by atoms with Crippen LogP contribution in [0.2, 0.25) is 0 Å². The summed E-state index contributed by atoms with van der Waals surface area (Å²) >= 11 is 0. The van der Waals surface area contributed by atoms with Crippen molar-refractivity contribution in [1.82, 2.24) is 14.8 Å². The molecule has 0 bridgehead atoms. The van der Waals surface area contributed by atoms with E-state index in [4.69, 9.17) is 0 Å². The van der Waals surface area contributed by atoms with Gasteiger partial charge in [-0.05, 0) is 11.6 Å². The van der Waals surface area contributed by atoms with Crippen LogP contribution < -0.4 is 5.32 Å². The number of aromatic nitrogens is 1. The average molecular weight is 221 g/mol. The van der Waals surface area contributed by atoms with Gasteiger partial charge in [0.15, 0.2) is 0 Å². The molecular formula is C13H23N3. The zero-order valence-electron chi connectivity index (χ0n) is 10.7. The molecule has 0 aliphatic carbocycles. The van der Waals surface area contributed by atoms with Crippen LogP contribution in [0.5, 0.6) is 0 Å². The molecule has 0 radical (unpaired) electrons. The molecule has 2 heterocycles. The van der Waals surface area contributed by atoms with Crippen LogP contribution in [-0.4, -0.2) is 42.2 Å². The summed E-state index contributed by atoms with van der Waals surface area (Å²) in [6.07, 6.45) is 4.37. The summed E-state index contributed by atoms with van der Waals surface area (Å²) in [6, 6.07) is 2.24. The van der Waals surface area contributed by atoms with Crippen molar-refractivity contribution in [2.45, 2.75) is 19.3 Å². The summed E-state index contributed by atoms with van der Waals surface area (Å²) in [5, 5.41) is 3.40. The third kappa shape index (κ3) is 2.66. The molecule has 90 valence electrons. The zero-order valence-corrected chi connectivity index (χ0v) is 10.7. The summed E-state index contributed by atoms with van der Waals surface area (Å²) in [6.45, 7) is 10.4. The Morgan fingerprint density at radius 3 is 2.56 bits per heavy atom. The van der Waals surface area contributed by atoms with Crippen molar-refractivity contribution in [3.63, 3.8) is 0 Å². The Morgan fingerprint density at radius 2 is 2.00 bits per heavy atom. The van der Waals surface area contributed by atoms with Crippen molar-refractivity contribution < 1.29 is 0 Å². The first-order chi connectivity index (χ1) is 7.58. The van der Waals surface area contributed by atoms with Gasteiger partial charge in [-0.3, -0.25) is 4.90 Å². The van der Waals surface area contributed by atoms with E-state index in [0.29, 0.717) is 0 Å². The van der Waals surface area contributed by atoms with Crippen molar-refractivity contribution in [2.75, 3.05) is 32.7 Å². The standard InChI is InChI=1S/C13H23N3/c1-13(2,12-4-7-15(3)10-12)11-16-8-5-14-6-9-16/h4,7,10,14H,5-6,8-9,11H2,1-3H3. The van der Waals surface area contributed by atoms with Crippen LogP contribution in [0.1, 0.15) is 19.4 Å². The Labute approximate surface area is 98.4 Å². The van der Waals surface area contributed by atoms with Gasteiger partial charge in [0.05, 0.1) is 0 Å². The van der Waals surface area contributed by atoms with E-state index in [-0.39, 0.29) is 5.41 Å². The Balaban J connectivity index is 2.01. The van der Waals surface area contributed by atoms with E-state index in [1.807, 2.05) is 0 Å². The SMILES string of the molecule is Cn1ccc(C(C)(C)CN2CCNCC2)c1. The third-order valence-corrected chi connectivity index (χ3v) is 3.44. The summed E-state index contributed by atoms with van der Waals surface area (Å²) in [5.41, 5.74) is 1.69. The Hall–Kier alpha value is -0.800. The van der Waals surface area contributed by atoms with Gasteiger partial charge in [0, 0.05) is 57.6 Å². The molecule has 3 heteroatoms. The topological polar surface area (TPSA) is 20.2 Å². The Bertz CT molecular complexity index is 335. The lowest BCUT2D eigenvalue weighted by molar-refractivity contribution is 0.200. The number of hydrogen-bond acceptors (Lipinski definition) is 2. The monoisotopic (exact) mass is 221 g/mol. The van der Waals surface area contributed by atoms with Crippen LogP contribution in [0.3, 0.4) is 0 Å². The van der Waals surface area contributed by atoms with Crippen LogP contribution in [0.4, 0.5) is 0 Å². The maximum Gasteiger partial charge on any atom is 0.0108 e. The molecule has 1 fully saturated rings. The third-order valence-electron chi connectivity index (χ3n) is 3.44. The molecule has 1 N–H and O–H groups in total. The summed E-state index contributed by atoms with van der Waals surface area (Å²) in [7, 11) is 2.09. The number of rotatable bonds is 3. The molecule has 0 aromatic carbocycles. The number of nitrogens with one attached hydrogen (secondary N) is 1.